The summed E-state index contributed by atoms with van der Waals surface area (Å²) in [5.74, 6) is 1.65. The van der Waals surface area contributed by atoms with Crippen LogP contribution in [0, 0.1) is 0 Å². The van der Waals surface area contributed by atoms with E-state index in [9.17, 15) is 4.79 Å². The number of methoxy groups -OCH3 is 2. The first-order chi connectivity index (χ1) is 17.6. The number of anilines is 1. The summed E-state index contributed by atoms with van der Waals surface area (Å²) in [5.41, 5.74) is 3.63. The minimum Gasteiger partial charge on any atom is -0.493 e. The highest BCUT2D eigenvalue weighted by molar-refractivity contribution is 6.46. The zero-order valence-corrected chi connectivity index (χ0v) is 20.7. The molecule has 0 spiro atoms. The second-order valence-corrected chi connectivity index (χ2v) is 9.30. The molecule has 1 unspecified atom stereocenters. The number of amidine groups is 1. The van der Waals surface area contributed by atoms with Gasteiger partial charge in [-0.2, -0.15) is 0 Å². The molecule has 0 amide bonds. The van der Waals surface area contributed by atoms with E-state index in [4.69, 9.17) is 26.2 Å². The summed E-state index contributed by atoms with van der Waals surface area (Å²) in [6.07, 6.45) is 0.458. The third-order valence-corrected chi connectivity index (χ3v) is 7.10. The monoisotopic (exact) mass is 497 g/mol. The summed E-state index contributed by atoms with van der Waals surface area (Å²) in [6, 6.07) is 25.3. The van der Waals surface area contributed by atoms with Gasteiger partial charge in [0.15, 0.2) is 23.5 Å². The molecule has 2 aliphatic heterocycles. The third-order valence-electron chi connectivity index (χ3n) is 6.85. The lowest BCUT2D eigenvalue weighted by molar-refractivity contribution is 0.104. The van der Waals surface area contributed by atoms with Crippen LogP contribution in [0.1, 0.15) is 27.7 Å². The molecule has 0 N–H and O–H groups in total. The fourth-order valence-electron chi connectivity index (χ4n) is 5.05. The molecule has 0 aromatic heterocycles. The van der Waals surface area contributed by atoms with Crippen molar-refractivity contribution in [3.8, 4) is 11.5 Å². The summed E-state index contributed by atoms with van der Waals surface area (Å²) in [6.45, 7) is 0.648. The first-order valence-electron chi connectivity index (χ1n) is 11.8. The number of hydrogen-bond donors (Lipinski definition) is 0. The fourth-order valence-corrected chi connectivity index (χ4v) is 5.18. The maximum Gasteiger partial charge on any atom is 0.230 e. The summed E-state index contributed by atoms with van der Waals surface area (Å²) in [7, 11) is 3.26. The predicted octanol–water partition coefficient (Wildman–Crippen LogP) is 6.08. The van der Waals surface area contributed by atoms with Gasteiger partial charge in [-0.05, 0) is 65.2 Å². The van der Waals surface area contributed by atoms with Crippen LogP contribution in [0.5, 0.6) is 11.5 Å². The normalized spacial score (nSPS) is 16.4. The Balaban J connectivity index is 1.47. The minimum atomic E-state index is -0.297. The van der Waals surface area contributed by atoms with Crippen LogP contribution in [0.4, 0.5) is 5.69 Å². The SMILES string of the molecule is COc1cc2c(cc1OC)C1N(CC2)C(C(=O)c2ccc3ccccc3c2)=NN1c1ccc(Cl)cc1. The van der Waals surface area contributed by atoms with E-state index < -0.39 is 0 Å². The molecule has 0 radical (unpaired) electrons. The summed E-state index contributed by atoms with van der Waals surface area (Å²) < 4.78 is 11.1. The van der Waals surface area contributed by atoms with Gasteiger partial charge in [0.1, 0.15) is 0 Å². The lowest BCUT2D eigenvalue weighted by atomic mass is 9.94. The molecule has 0 fully saturated rings. The molecule has 36 heavy (non-hydrogen) atoms. The number of ether oxygens (including phenoxy) is 2. The van der Waals surface area contributed by atoms with Crippen LogP contribution in [-0.4, -0.2) is 37.3 Å². The number of benzene rings is 4. The van der Waals surface area contributed by atoms with E-state index in [0.717, 1.165) is 34.0 Å². The van der Waals surface area contributed by atoms with Crippen LogP contribution in [0.15, 0.2) is 84.0 Å². The van der Waals surface area contributed by atoms with Crippen molar-refractivity contribution in [2.75, 3.05) is 25.8 Å². The van der Waals surface area contributed by atoms with Gasteiger partial charge in [-0.3, -0.25) is 4.79 Å². The standard InChI is InChI=1S/C29H24ClN3O3/c1-35-25-16-20-13-14-32-28(27(34)21-8-7-18-5-3-4-6-19(18)15-21)31-33(23-11-9-22(30)10-12-23)29(32)24(20)17-26(25)36-2/h3-12,15-17,29H,13-14H2,1-2H3. The Morgan fingerprint density at radius 1 is 0.917 bits per heavy atom. The smallest absolute Gasteiger partial charge is 0.230 e. The van der Waals surface area contributed by atoms with Crippen molar-refractivity contribution in [2.45, 2.75) is 12.6 Å². The number of ketones is 1. The van der Waals surface area contributed by atoms with Crippen molar-refractivity contribution < 1.29 is 14.3 Å². The quantitative estimate of drug-likeness (QED) is 0.313. The van der Waals surface area contributed by atoms with Crippen LogP contribution in [0.25, 0.3) is 10.8 Å². The highest BCUT2D eigenvalue weighted by atomic mass is 35.5. The maximum atomic E-state index is 13.8. The molecule has 1 atom stereocenters. The fraction of sp³-hybridized carbons (Fsp3) is 0.172. The first-order valence-corrected chi connectivity index (χ1v) is 12.1. The van der Waals surface area contributed by atoms with E-state index in [0.29, 0.717) is 34.5 Å². The van der Waals surface area contributed by atoms with Crippen molar-refractivity contribution >= 4 is 39.7 Å². The average Bonchev–Trinajstić information content (AvgIpc) is 3.32. The summed E-state index contributed by atoms with van der Waals surface area (Å²) in [4.78, 5) is 15.9. The summed E-state index contributed by atoms with van der Waals surface area (Å²) in [5, 5.41) is 9.55. The molecule has 6 nitrogen and oxygen atoms in total. The van der Waals surface area contributed by atoms with Crippen molar-refractivity contribution in [3.05, 3.63) is 101 Å². The van der Waals surface area contributed by atoms with Crippen molar-refractivity contribution in [3.63, 3.8) is 0 Å². The van der Waals surface area contributed by atoms with E-state index in [1.165, 1.54) is 0 Å². The van der Waals surface area contributed by atoms with Gasteiger partial charge in [-0.15, -0.1) is 5.10 Å². The molecule has 0 bridgehead atoms. The van der Waals surface area contributed by atoms with E-state index in [1.807, 2.05) is 83.9 Å². The summed E-state index contributed by atoms with van der Waals surface area (Å²) >= 11 is 6.17. The molecule has 4 aromatic carbocycles. The Kier molecular flexibility index (Phi) is 5.53. The van der Waals surface area contributed by atoms with Crippen LogP contribution in [0.3, 0.4) is 0 Å². The maximum absolute atomic E-state index is 13.8. The first kappa shape index (κ1) is 22.4. The molecule has 7 heteroatoms. The number of carbonyl (C=O) groups is 1. The van der Waals surface area contributed by atoms with Gasteiger partial charge in [0, 0.05) is 22.7 Å². The molecule has 0 saturated carbocycles. The molecule has 2 aliphatic rings. The Labute approximate surface area is 214 Å². The van der Waals surface area contributed by atoms with Crippen LogP contribution in [-0.2, 0) is 6.42 Å². The number of hydrogen-bond acceptors (Lipinski definition) is 6. The molecule has 180 valence electrons. The van der Waals surface area contributed by atoms with Gasteiger partial charge in [-0.1, -0.05) is 48.0 Å². The zero-order chi connectivity index (χ0) is 24.8. The Bertz CT molecular complexity index is 1520. The minimum absolute atomic E-state index is 0.105. The third kappa shape index (κ3) is 3.65. The lowest BCUT2D eigenvalue weighted by Crippen LogP contribution is -2.42. The Morgan fingerprint density at radius 3 is 2.39 bits per heavy atom. The molecule has 6 rings (SSSR count). The second-order valence-electron chi connectivity index (χ2n) is 8.86. The van der Waals surface area contributed by atoms with Crippen molar-refractivity contribution in [2.24, 2.45) is 5.10 Å². The molecule has 4 aromatic rings. The topological polar surface area (TPSA) is 54.4 Å². The van der Waals surface area contributed by atoms with E-state index in [-0.39, 0.29) is 11.9 Å². The van der Waals surface area contributed by atoms with Crippen molar-refractivity contribution in [1.29, 1.82) is 0 Å². The zero-order valence-electron chi connectivity index (χ0n) is 19.9. The Hall–Kier alpha value is -4.03. The van der Waals surface area contributed by atoms with Crippen LogP contribution in [0.2, 0.25) is 5.02 Å². The number of rotatable bonds is 5. The highest BCUT2D eigenvalue weighted by Gasteiger charge is 2.43. The number of Topliss-reactive ketones (excluding diaryl/α,β-unsaturated/α-hetero) is 1. The number of nitrogens with zero attached hydrogens (tertiary/aromatic N) is 3. The van der Waals surface area contributed by atoms with Crippen molar-refractivity contribution in [1.82, 2.24) is 4.90 Å². The molecule has 2 heterocycles. The number of carbonyl (C=O) groups excluding carboxylic acids is 1. The molecular weight excluding hydrogens is 474 g/mol. The molecule has 0 aliphatic carbocycles. The van der Waals surface area contributed by atoms with Gasteiger partial charge < -0.3 is 14.4 Å². The molecule has 0 saturated heterocycles. The van der Waals surface area contributed by atoms with Gasteiger partial charge in [0.25, 0.3) is 0 Å². The van der Waals surface area contributed by atoms with Crippen LogP contribution >= 0.6 is 11.6 Å². The lowest BCUT2D eigenvalue weighted by Gasteiger charge is -2.37. The highest BCUT2D eigenvalue weighted by Crippen LogP contribution is 2.44. The van der Waals surface area contributed by atoms with Gasteiger partial charge in [0.05, 0.1) is 19.9 Å². The predicted molar refractivity (Wildman–Crippen MR) is 142 cm³/mol. The van der Waals surface area contributed by atoms with Gasteiger partial charge in [0.2, 0.25) is 5.78 Å². The van der Waals surface area contributed by atoms with Gasteiger partial charge >= 0.3 is 0 Å². The number of fused-ring (bicyclic) bond motifs is 4. The van der Waals surface area contributed by atoms with E-state index in [2.05, 4.69) is 4.90 Å². The largest absolute Gasteiger partial charge is 0.493 e. The second kappa shape index (κ2) is 8.88. The van der Waals surface area contributed by atoms with Gasteiger partial charge in [-0.25, -0.2) is 5.01 Å². The average molecular weight is 498 g/mol. The Morgan fingerprint density at radius 2 is 1.64 bits per heavy atom. The number of halogens is 1. The van der Waals surface area contributed by atoms with Crippen LogP contribution < -0.4 is 14.5 Å². The molecular formula is C29H24ClN3O3. The van der Waals surface area contributed by atoms with E-state index in [1.54, 1.807) is 14.2 Å². The van der Waals surface area contributed by atoms with E-state index >= 15 is 0 Å². The number of hydrazone groups is 1.